The number of ether oxygens (including phenoxy) is 1. The zero-order valence-electron chi connectivity index (χ0n) is 9.52. The van der Waals surface area contributed by atoms with Gasteiger partial charge in [0.05, 0.1) is 12.7 Å². The lowest BCUT2D eigenvalue weighted by Gasteiger charge is -2.29. The number of hydrogen-bond donors (Lipinski definition) is 2. The summed E-state index contributed by atoms with van der Waals surface area (Å²) in [7, 11) is -2.87. The fraction of sp³-hybridized carbons (Fsp3) is 1.00. The molecule has 96 valence electrons. The molecule has 3 N–H and O–H groups in total. The standard InChI is InChI=1S/C9H20N2O3S2/c1-16(12,13)6-2-3-8(11-10)9-7-15-5-4-14-9/h8-9,11H,2-7,10H2,1H3. The van der Waals surface area contributed by atoms with Crippen LogP contribution in [0.25, 0.3) is 0 Å². The Morgan fingerprint density at radius 1 is 1.62 bits per heavy atom. The van der Waals surface area contributed by atoms with Crippen molar-refractivity contribution in [2.45, 2.75) is 25.0 Å². The van der Waals surface area contributed by atoms with E-state index in [-0.39, 0.29) is 17.9 Å². The highest BCUT2D eigenvalue weighted by molar-refractivity contribution is 7.99. The van der Waals surface area contributed by atoms with E-state index < -0.39 is 9.84 Å². The van der Waals surface area contributed by atoms with Crippen LogP contribution in [0, 0.1) is 0 Å². The van der Waals surface area contributed by atoms with Crippen molar-refractivity contribution in [2.24, 2.45) is 5.84 Å². The third-order valence-corrected chi connectivity index (χ3v) is 4.58. The van der Waals surface area contributed by atoms with Crippen molar-refractivity contribution >= 4 is 21.6 Å². The van der Waals surface area contributed by atoms with Crippen molar-refractivity contribution in [1.29, 1.82) is 0 Å². The van der Waals surface area contributed by atoms with Crippen molar-refractivity contribution in [3.05, 3.63) is 0 Å². The summed E-state index contributed by atoms with van der Waals surface area (Å²) in [6.45, 7) is 0.750. The second kappa shape index (κ2) is 6.80. The first-order valence-corrected chi connectivity index (χ1v) is 8.57. The van der Waals surface area contributed by atoms with Crippen LogP contribution in [0.2, 0.25) is 0 Å². The fourth-order valence-corrected chi connectivity index (χ4v) is 3.31. The Morgan fingerprint density at radius 3 is 2.88 bits per heavy atom. The molecule has 1 saturated heterocycles. The number of sulfone groups is 1. The van der Waals surface area contributed by atoms with Crippen molar-refractivity contribution in [2.75, 3.05) is 30.1 Å². The van der Waals surface area contributed by atoms with E-state index >= 15 is 0 Å². The SMILES string of the molecule is CS(=O)(=O)CCCC(NN)C1CSCCO1. The molecule has 0 bridgehead atoms. The summed E-state index contributed by atoms with van der Waals surface area (Å²) in [5, 5.41) is 0. The van der Waals surface area contributed by atoms with Gasteiger partial charge in [-0.25, -0.2) is 8.42 Å². The largest absolute Gasteiger partial charge is 0.375 e. The minimum absolute atomic E-state index is 0.0505. The monoisotopic (exact) mass is 268 g/mol. The van der Waals surface area contributed by atoms with Gasteiger partial charge in [0.2, 0.25) is 0 Å². The maximum atomic E-state index is 11.0. The second-order valence-electron chi connectivity index (χ2n) is 4.03. The van der Waals surface area contributed by atoms with Crippen LogP contribution in [0.5, 0.6) is 0 Å². The Morgan fingerprint density at radius 2 is 2.38 bits per heavy atom. The van der Waals surface area contributed by atoms with Gasteiger partial charge >= 0.3 is 0 Å². The first-order valence-electron chi connectivity index (χ1n) is 5.36. The van der Waals surface area contributed by atoms with Crippen LogP contribution in [0.3, 0.4) is 0 Å². The smallest absolute Gasteiger partial charge is 0.147 e. The predicted octanol–water partition coefficient (Wildman–Crippen LogP) is -0.225. The van der Waals surface area contributed by atoms with E-state index in [4.69, 9.17) is 10.6 Å². The Hall–Kier alpha value is 0.180. The number of hydrogen-bond acceptors (Lipinski definition) is 6. The van der Waals surface area contributed by atoms with E-state index in [1.165, 1.54) is 6.26 Å². The van der Waals surface area contributed by atoms with Crippen LogP contribution in [0.1, 0.15) is 12.8 Å². The van der Waals surface area contributed by atoms with Gasteiger partial charge in [-0.2, -0.15) is 11.8 Å². The number of nitrogens with one attached hydrogen (secondary N) is 1. The van der Waals surface area contributed by atoms with Crippen LogP contribution in [0.4, 0.5) is 0 Å². The molecule has 1 fully saturated rings. The molecule has 0 radical (unpaired) electrons. The van der Waals surface area contributed by atoms with E-state index in [0.717, 1.165) is 24.5 Å². The molecule has 2 unspecified atom stereocenters. The van der Waals surface area contributed by atoms with Crippen LogP contribution in [0.15, 0.2) is 0 Å². The van der Waals surface area contributed by atoms with Gasteiger partial charge in [-0.15, -0.1) is 0 Å². The third kappa shape index (κ3) is 5.49. The van der Waals surface area contributed by atoms with Crippen LogP contribution in [-0.2, 0) is 14.6 Å². The van der Waals surface area contributed by atoms with Crippen LogP contribution >= 0.6 is 11.8 Å². The van der Waals surface area contributed by atoms with E-state index in [1.807, 2.05) is 11.8 Å². The lowest BCUT2D eigenvalue weighted by molar-refractivity contribution is 0.0447. The summed E-state index contributed by atoms with van der Waals surface area (Å²) < 4.78 is 27.6. The molecule has 0 saturated carbocycles. The zero-order valence-corrected chi connectivity index (χ0v) is 11.1. The van der Waals surface area contributed by atoms with E-state index in [9.17, 15) is 8.42 Å². The molecule has 0 spiro atoms. The molecule has 0 aliphatic carbocycles. The summed E-state index contributed by atoms with van der Waals surface area (Å²) in [6.07, 6.45) is 2.71. The highest BCUT2D eigenvalue weighted by Crippen LogP contribution is 2.17. The first kappa shape index (κ1) is 14.2. The lowest BCUT2D eigenvalue weighted by Crippen LogP contribution is -2.48. The Bertz CT molecular complexity index is 289. The highest BCUT2D eigenvalue weighted by Gasteiger charge is 2.23. The van der Waals surface area contributed by atoms with Crippen LogP contribution in [-0.4, -0.2) is 50.7 Å². The summed E-state index contributed by atoms with van der Waals surface area (Å²) in [6, 6.07) is 0.0505. The van der Waals surface area contributed by atoms with Crippen LogP contribution < -0.4 is 11.3 Å². The Labute approximate surface area is 101 Å². The van der Waals surface area contributed by atoms with Gasteiger partial charge in [0.25, 0.3) is 0 Å². The van der Waals surface area contributed by atoms with E-state index in [0.29, 0.717) is 6.42 Å². The molecule has 2 atom stereocenters. The molecule has 1 rings (SSSR count). The van der Waals surface area contributed by atoms with Crippen molar-refractivity contribution < 1.29 is 13.2 Å². The Balaban J connectivity index is 2.30. The molecule has 5 nitrogen and oxygen atoms in total. The highest BCUT2D eigenvalue weighted by atomic mass is 32.2. The number of thioether (sulfide) groups is 1. The topological polar surface area (TPSA) is 81.4 Å². The molecule has 1 aliphatic heterocycles. The molecule has 0 aromatic heterocycles. The Kier molecular flexibility index (Phi) is 6.06. The molecule has 0 aromatic rings. The molecule has 0 amide bonds. The lowest BCUT2D eigenvalue weighted by atomic mass is 10.1. The van der Waals surface area contributed by atoms with E-state index in [2.05, 4.69) is 5.43 Å². The molecule has 16 heavy (non-hydrogen) atoms. The summed E-state index contributed by atoms with van der Waals surface area (Å²) >= 11 is 1.85. The average molecular weight is 268 g/mol. The molecule has 1 aliphatic rings. The first-order chi connectivity index (χ1) is 7.53. The minimum Gasteiger partial charge on any atom is -0.375 e. The number of hydrazine groups is 1. The maximum Gasteiger partial charge on any atom is 0.147 e. The number of nitrogens with two attached hydrogens (primary N) is 1. The van der Waals surface area contributed by atoms with Gasteiger partial charge in [-0.3, -0.25) is 11.3 Å². The molecular formula is C9H20N2O3S2. The van der Waals surface area contributed by atoms with Gasteiger partial charge < -0.3 is 4.74 Å². The van der Waals surface area contributed by atoms with Gasteiger partial charge in [-0.1, -0.05) is 0 Å². The second-order valence-corrected chi connectivity index (χ2v) is 7.44. The fourth-order valence-electron chi connectivity index (χ4n) is 1.68. The van der Waals surface area contributed by atoms with Crippen molar-refractivity contribution in [3.63, 3.8) is 0 Å². The third-order valence-electron chi connectivity index (χ3n) is 2.53. The minimum atomic E-state index is -2.87. The average Bonchev–Trinajstić information content (AvgIpc) is 2.24. The number of rotatable bonds is 6. The summed E-state index contributed by atoms with van der Waals surface area (Å²) in [5.74, 6) is 7.63. The quantitative estimate of drug-likeness (QED) is 0.512. The van der Waals surface area contributed by atoms with E-state index in [1.54, 1.807) is 0 Å². The van der Waals surface area contributed by atoms with Crippen molar-refractivity contribution in [3.8, 4) is 0 Å². The van der Waals surface area contributed by atoms with Gasteiger partial charge in [0, 0.05) is 29.6 Å². The van der Waals surface area contributed by atoms with Gasteiger partial charge in [-0.05, 0) is 12.8 Å². The predicted molar refractivity (Wildman–Crippen MR) is 67.1 cm³/mol. The van der Waals surface area contributed by atoms with Crippen molar-refractivity contribution in [1.82, 2.24) is 5.43 Å². The normalized spacial score (nSPS) is 24.2. The zero-order chi connectivity index (χ0) is 12.0. The molecule has 1 heterocycles. The molecular weight excluding hydrogens is 248 g/mol. The maximum absolute atomic E-state index is 11.0. The molecule has 0 aromatic carbocycles. The summed E-state index contributed by atoms with van der Waals surface area (Å²) in [5.41, 5.74) is 2.72. The van der Waals surface area contributed by atoms with Gasteiger partial charge in [0.15, 0.2) is 0 Å². The van der Waals surface area contributed by atoms with Gasteiger partial charge in [0.1, 0.15) is 9.84 Å². The molecule has 7 heteroatoms. The summed E-state index contributed by atoms with van der Waals surface area (Å²) in [4.78, 5) is 0.